The Kier molecular flexibility index (Phi) is 3.88. The van der Waals surface area contributed by atoms with E-state index in [9.17, 15) is 4.79 Å². The highest BCUT2D eigenvalue weighted by Crippen LogP contribution is 2.34. The van der Waals surface area contributed by atoms with Crippen molar-refractivity contribution >= 4 is 5.78 Å². The summed E-state index contributed by atoms with van der Waals surface area (Å²) >= 11 is 0. The van der Waals surface area contributed by atoms with Gasteiger partial charge >= 0.3 is 0 Å². The van der Waals surface area contributed by atoms with Crippen LogP contribution in [0.4, 0.5) is 0 Å². The molecule has 1 atom stereocenters. The largest absolute Gasteiger partial charge is 0.497 e. The molecule has 25 heavy (non-hydrogen) atoms. The number of rotatable bonds is 3. The first-order valence-electron chi connectivity index (χ1n) is 8.47. The molecular weight excluding hydrogens is 312 g/mol. The van der Waals surface area contributed by atoms with Gasteiger partial charge in [0.05, 0.1) is 30.3 Å². The molecule has 3 aromatic rings. The van der Waals surface area contributed by atoms with Crippen molar-refractivity contribution in [2.45, 2.75) is 25.7 Å². The van der Waals surface area contributed by atoms with Crippen LogP contribution in [0.3, 0.4) is 0 Å². The van der Waals surface area contributed by atoms with Gasteiger partial charge in [0.2, 0.25) is 0 Å². The van der Waals surface area contributed by atoms with E-state index in [4.69, 9.17) is 4.74 Å². The Morgan fingerprint density at radius 3 is 2.44 bits per heavy atom. The van der Waals surface area contributed by atoms with E-state index in [1.165, 1.54) is 11.1 Å². The van der Waals surface area contributed by atoms with Crippen molar-refractivity contribution in [1.29, 1.82) is 0 Å². The van der Waals surface area contributed by atoms with Gasteiger partial charge in [0.25, 0.3) is 0 Å². The second-order valence-corrected chi connectivity index (χ2v) is 6.55. The molecule has 4 rings (SSSR count). The van der Waals surface area contributed by atoms with Crippen LogP contribution in [0.5, 0.6) is 5.75 Å². The molecule has 0 saturated heterocycles. The maximum absolute atomic E-state index is 12.6. The Morgan fingerprint density at radius 1 is 1.04 bits per heavy atom. The van der Waals surface area contributed by atoms with Crippen LogP contribution in [-0.2, 0) is 6.42 Å². The van der Waals surface area contributed by atoms with E-state index >= 15 is 0 Å². The van der Waals surface area contributed by atoms with Crippen LogP contribution in [0.25, 0.3) is 5.69 Å². The van der Waals surface area contributed by atoms with Gasteiger partial charge in [-0.25, -0.2) is 4.68 Å². The topological polar surface area (TPSA) is 44.1 Å². The Bertz CT molecular complexity index is 908. The summed E-state index contributed by atoms with van der Waals surface area (Å²) < 4.78 is 7.10. The fourth-order valence-electron chi connectivity index (χ4n) is 3.46. The van der Waals surface area contributed by atoms with Crippen molar-refractivity contribution < 1.29 is 9.53 Å². The number of hydrogen-bond donors (Lipinski definition) is 0. The molecule has 0 spiro atoms. The molecule has 4 nitrogen and oxygen atoms in total. The van der Waals surface area contributed by atoms with Gasteiger partial charge < -0.3 is 4.74 Å². The zero-order valence-electron chi connectivity index (χ0n) is 14.4. The molecular formula is C21H20N2O2. The molecule has 2 aromatic carbocycles. The van der Waals surface area contributed by atoms with E-state index in [2.05, 4.69) is 36.3 Å². The Labute approximate surface area is 147 Å². The minimum atomic E-state index is 0.173. The SMILES string of the molecule is COc1ccc(-n2ncc3c2C[C@@H](c2ccc(C)cc2)CC3=O)cc1. The van der Waals surface area contributed by atoms with Crippen LogP contribution < -0.4 is 4.74 Å². The van der Waals surface area contributed by atoms with Gasteiger partial charge in [-0.15, -0.1) is 0 Å². The number of fused-ring (bicyclic) bond motifs is 1. The van der Waals surface area contributed by atoms with Crippen LogP contribution in [0.1, 0.15) is 39.5 Å². The number of hydrogen-bond acceptors (Lipinski definition) is 3. The molecule has 1 aliphatic rings. The fraction of sp³-hybridized carbons (Fsp3) is 0.238. The number of aromatic nitrogens is 2. The minimum absolute atomic E-state index is 0.173. The molecule has 0 aliphatic heterocycles. The lowest BCUT2D eigenvalue weighted by atomic mass is 9.82. The summed E-state index contributed by atoms with van der Waals surface area (Å²) in [7, 11) is 1.65. The van der Waals surface area contributed by atoms with Gasteiger partial charge in [0.1, 0.15) is 5.75 Å². The van der Waals surface area contributed by atoms with E-state index in [0.29, 0.717) is 6.42 Å². The first-order valence-corrected chi connectivity index (χ1v) is 8.47. The monoisotopic (exact) mass is 332 g/mol. The normalized spacial score (nSPS) is 16.6. The predicted octanol–water partition coefficient (Wildman–Crippen LogP) is 4.10. The summed E-state index contributed by atoms with van der Waals surface area (Å²) in [6.07, 6.45) is 3.06. The summed E-state index contributed by atoms with van der Waals surface area (Å²) in [6.45, 7) is 2.08. The number of carbonyl (C=O) groups is 1. The molecule has 4 heteroatoms. The standard InChI is InChI=1S/C21H20N2O2/c1-14-3-5-15(6-4-14)16-11-20-19(21(24)12-16)13-22-23(20)17-7-9-18(25-2)10-8-17/h3-10,13,16H,11-12H2,1-2H3/t16-/m1/s1. The van der Waals surface area contributed by atoms with Gasteiger partial charge in [0.15, 0.2) is 5.78 Å². The maximum Gasteiger partial charge on any atom is 0.166 e. The lowest BCUT2D eigenvalue weighted by Gasteiger charge is -2.23. The van der Waals surface area contributed by atoms with E-state index in [-0.39, 0.29) is 11.7 Å². The van der Waals surface area contributed by atoms with Crippen molar-refractivity contribution in [3.8, 4) is 11.4 Å². The highest BCUT2D eigenvalue weighted by molar-refractivity contribution is 5.98. The molecule has 0 N–H and O–H groups in total. The van der Waals surface area contributed by atoms with Gasteiger partial charge in [-0.05, 0) is 49.1 Å². The highest BCUT2D eigenvalue weighted by atomic mass is 16.5. The number of methoxy groups -OCH3 is 1. The average Bonchev–Trinajstić information content (AvgIpc) is 3.07. The third-order valence-electron chi connectivity index (χ3n) is 4.91. The summed E-state index contributed by atoms with van der Waals surface area (Å²) in [5, 5.41) is 4.47. The summed E-state index contributed by atoms with van der Waals surface area (Å²) in [6, 6.07) is 16.2. The van der Waals surface area contributed by atoms with Crippen LogP contribution in [-0.4, -0.2) is 22.7 Å². The number of carbonyl (C=O) groups excluding carboxylic acids is 1. The fourth-order valence-corrected chi connectivity index (χ4v) is 3.46. The van der Waals surface area contributed by atoms with E-state index in [1.54, 1.807) is 13.3 Å². The Morgan fingerprint density at radius 2 is 1.76 bits per heavy atom. The third-order valence-corrected chi connectivity index (χ3v) is 4.91. The van der Waals surface area contributed by atoms with Crippen LogP contribution >= 0.6 is 0 Å². The van der Waals surface area contributed by atoms with Crippen molar-refractivity contribution in [1.82, 2.24) is 9.78 Å². The first kappa shape index (κ1) is 15.6. The first-order chi connectivity index (χ1) is 12.2. The second kappa shape index (κ2) is 6.20. The second-order valence-electron chi connectivity index (χ2n) is 6.55. The van der Waals surface area contributed by atoms with Crippen LogP contribution in [0.15, 0.2) is 54.7 Å². The number of ether oxygens (including phenoxy) is 1. The van der Waals surface area contributed by atoms with Crippen molar-refractivity contribution in [2.75, 3.05) is 7.11 Å². The molecule has 0 saturated carbocycles. The zero-order chi connectivity index (χ0) is 17.4. The number of nitrogens with zero attached hydrogens (tertiary/aromatic N) is 2. The van der Waals surface area contributed by atoms with Gasteiger partial charge in [0, 0.05) is 6.42 Å². The molecule has 0 radical (unpaired) electrons. The lowest BCUT2D eigenvalue weighted by Crippen LogP contribution is -2.20. The quantitative estimate of drug-likeness (QED) is 0.725. The van der Waals surface area contributed by atoms with Gasteiger partial charge in [-0.3, -0.25) is 4.79 Å². The molecule has 0 amide bonds. The summed E-state index contributed by atoms with van der Waals surface area (Å²) in [4.78, 5) is 12.6. The molecule has 1 heterocycles. The lowest BCUT2D eigenvalue weighted by molar-refractivity contribution is 0.0963. The molecule has 0 bridgehead atoms. The van der Waals surface area contributed by atoms with Crippen LogP contribution in [0, 0.1) is 6.92 Å². The highest BCUT2D eigenvalue weighted by Gasteiger charge is 2.30. The zero-order valence-corrected chi connectivity index (χ0v) is 14.4. The van der Waals surface area contributed by atoms with Crippen molar-refractivity contribution in [3.63, 3.8) is 0 Å². The summed E-state index contributed by atoms with van der Waals surface area (Å²) in [5.74, 6) is 1.18. The molecule has 1 aromatic heterocycles. The van der Waals surface area contributed by atoms with Crippen LogP contribution in [0.2, 0.25) is 0 Å². The van der Waals surface area contributed by atoms with Gasteiger partial charge in [-0.2, -0.15) is 5.10 Å². The number of aryl methyl sites for hydroxylation is 1. The molecule has 0 unspecified atom stereocenters. The maximum atomic E-state index is 12.6. The van der Waals surface area contributed by atoms with E-state index in [1.807, 2.05) is 28.9 Å². The number of ketones is 1. The molecule has 1 aliphatic carbocycles. The minimum Gasteiger partial charge on any atom is -0.497 e. The average molecular weight is 332 g/mol. The smallest absolute Gasteiger partial charge is 0.166 e. The number of benzene rings is 2. The third kappa shape index (κ3) is 2.84. The van der Waals surface area contributed by atoms with Gasteiger partial charge in [-0.1, -0.05) is 29.8 Å². The van der Waals surface area contributed by atoms with E-state index < -0.39 is 0 Å². The Balaban J connectivity index is 1.70. The van der Waals surface area contributed by atoms with Crippen molar-refractivity contribution in [3.05, 3.63) is 77.1 Å². The predicted molar refractivity (Wildman–Crippen MR) is 96.7 cm³/mol. The van der Waals surface area contributed by atoms with Crippen molar-refractivity contribution in [2.24, 2.45) is 0 Å². The summed E-state index contributed by atoms with van der Waals surface area (Å²) in [5.41, 5.74) is 5.13. The van der Waals surface area contributed by atoms with E-state index in [0.717, 1.165) is 29.1 Å². The molecule has 0 fully saturated rings. The Hall–Kier alpha value is -2.88. The number of Topliss-reactive ketones (excluding diaryl/α,β-unsaturated/α-hetero) is 1. The molecule has 126 valence electrons.